The first-order valence-electron chi connectivity index (χ1n) is 12.7. The largest absolute Gasteiger partial charge is 0.460 e. The van der Waals surface area contributed by atoms with Gasteiger partial charge in [0.2, 0.25) is 0 Å². The summed E-state index contributed by atoms with van der Waals surface area (Å²) in [5.74, 6) is -2.13. The van der Waals surface area contributed by atoms with E-state index in [1.165, 1.54) is 0 Å². The van der Waals surface area contributed by atoms with Gasteiger partial charge in [-0.1, -0.05) is 6.07 Å². The van der Waals surface area contributed by atoms with E-state index in [1.54, 1.807) is 74.4 Å². The summed E-state index contributed by atoms with van der Waals surface area (Å²) in [4.78, 5) is 51.1. The fourth-order valence-corrected chi connectivity index (χ4v) is 3.86. The summed E-state index contributed by atoms with van der Waals surface area (Å²) >= 11 is 2.14. The molecule has 0 bridgehead atoms. The van der Waals surface area contributed by atoms with Crippen molar-refractivity contribution in [3.05, 3.63) is 33.4 Å². The Labute approximate surface area is 240 Å². The highest BCUT2D eigenvalue weighted by Gasteiger charge is 2.34. The first-order valence-corrected chi connectivity index (χ1v) is 13.8. The van der Waals surface area contributed by atoms with Crippen LogP contribution in [0.2, 0.25) is 0 Å². The number of esters is 2. The van der Waals surface area contributed by atoms with Crippen LogP contribution in [-0.4, -0.2) is 53.3 Å². The predicted molar refractivity (Wildman–Crippen MR) is 154 cm³/mol. The van der Waals surface area contributed by atoms with Crippen molar-refractivity contribution < 1.29 is 33.4 Å². The lowest BCUT2D eigenvalue weighted by Gasteiger charge is -2.29. The van der Waals surface area contributed by atoms with Crippen LogP contribution in [0.1, 0.15) is 91.9 Å². The lowest BCUT2D eigenvalue weighted by Crippen LogP contribution is -2.47. The Morgan fingerprint density at radius 1 is 0.842 bits per heavy atom. The average molecular weight is 645 g/mol. The van der Waals surface area contributed by atoms with E-state index in [4.69, 9.17) is 14.2 Å². The van der Waals surface area contributed by atoms with Gasteiger partial charge < -0.3 is 24.8 Å². The van der Waals surface area contributed by atoms with Gasteiger partial charge in [-0.2, -0.15) is 0 Å². The molecule has 2 atom stereocenters. The number of alkyl carbamates (subject to hydrolysis) is 1. The number of nitrogens with one attached hydrogen (secondary N) is 2. The van der Waals surface area contributed by atoms with E-state index in [9.17, 15) is 19.2 Å². The number of rotatable bonds is 10. The van der Waals surface area contributed by atoms with E-state index < -0.39 is 46.8 Å². The molecular formula is C28H43IN2O7. The minimum Gasteiger partial charge on any atom is -0.460 e. The summed E-state index contributed by atoms with van der Waals surface area (Å²) in [5, 5.41) is 5.42. The van der Waals surface area contributed by atoms with Gasteiger partial charge in [0.25, 0.3) is 5.91 Å². The van der Waals surface area contributed by atoms with Gasteiger partial charge in [-0.25, -0.2) is 9.59 Å². The Hall–Kier alpha value is -2.37. The average Bonchev–Trinajstić information content (AvgIpc) is 2.71. The molecule has 2 amide bonds. The fraction of sp³-hybridized carbons (Fsp3) is 0.643. The molecule has 1 rings (SSSR count). The second-order valence-corrected chi connectivity index (χ2v) is 13.4. The maximum Gasteiger partial charge on any atom is 0.408 e. The molecule has 1 aromatic rings. The van der Waals surface area contributed by atoms with Crippen LogP contribution in [0.25, 0.3) is 0 Å². The summed E-state index contributed by atoms with van der Waals surface area (Å²) in [6.45, 7) is 15.9. The highest BCUT2D eigenvalue weighted by molar-refractivity contribution is 14.1. The first-order chi connectivity index (χ1) is 17.3. The molecule has 0 saturated heterocycles. The van der Waals surface area contributed by atoms with E-state index in [1.807, 2.05) is 12.1 Å². The number of ether oxygens (including phenoxy) is 3. The number of carbonyl (C=O) groups is 4. The summed E-state index contributed by atoms with van der Waals surface area (Å²) in [6, 6.07) is 6.09. The van der Waals surface area contributed by atoms with Crippen LogP contribution in [0.5, 0.6) is 0 Å². The second-order valence-electron chi connectivity index (χ2n) is 12.1. The zero-order chi connectivity index (χ0) is 29.3. The van der Waals surface area contributed by atoms with E-state index in [0.29, 0.717) is 24.9 Å². The minimum atomic E-state index is -1.14. The Morgan fingerprint density at radius 2 is 1.39 bits per heavy atom. The molecule has 0 saturated carbocycles. The van der Waals surface area contributed by atoms with Gasteiger partial charge in [0.1, 0.15) is 22.8 Å². The third kappa shape index (κ3) is 14.5. The minimum absolute atomic E-state index is 0.0477. The molecule has 38 heavy (non-hydrogen) atoms. The van der Waals surface area contributed by atoms with Gasteiger partial charge in [-0.15, -0.1) is 0 Å². The standard InChI is InChI=1S/C28H43IN2O7/c1-26(2,3)36-23(33)19(13-11-15-30-22(32)18-12-10-14-20(29)16-18)17-21(24(34)37-27(4,5)6)31-25(35)38-28(7,8)9/h10,12,14,16,19,21H,11,13,15,17H2,1-9H3,(H,30,32)(H,31,35)/t19-,21-/m0/s1/i29-2. The van der Waals surface area contributed by atoms with Crippen LogP contribution in [0.3, 0.4) is 0 Å². The number of carbonyl (C=O) groups excluding carboxylic acids is 4. The van der Waals surface area contributed by atoms with Crippen molar-refractivity contribution in [3.8, 4) is 0 Å². The molecule has 0 radical (unpaired) electrons. The number of hydrogen-bond donors (Lipinski definition) is 2. The smallest absolute Gasteiger partial charge is 0.408 e. The summed E-state index contributed by atoms with van der Waals surface area (Å²) in [7, 11) is 0. The summed E-state index contributed by atoms with van der Waals surface area (Å²) in [6.07, 6.45) is -0.0707. The molecular weight excluding hydrogens is 601 g/mol. The molecule has 0 heterocycles. The SMILES string of the molecule is CC(C)(C)OC(=O)N[C@@H](C[C@H](CCCNC(=O)c1cccc([125I])c1)C(=O)OC(C)(C)C)C(=O)OC(C)(C)C. The van der Waals surface area contributed by atoms with Crippen LogP contribution >= 0.6 is 22.6 Å². The van der Waals surface area contributed by atoms with Gasteiger partial charge in [-0.3, -0.25) is 9.59 Å². The number of benzene rings is 1. The monoisotopic (exact) mass is 644 g/mol. The topological polar surface area (TPSA) is 120 Å². The molecule has 0 aliphatic carbocycles. The number of amides is 2. The van der Waals surface area contributed by atoms with Crippen molar-refractivity contribution in [2.45, 2.75) is 104 Å². The number of hydrogen-bond acceptors (Lipinski definition) is 7. The Balaban J connectivity index is 3.01. The van der Waals surface area contributed by atoms with Gasteiger partial charge >= 0.3 is 18.0 Å². The third-order valence-electron chi connectivity index (χ3n) is 4.74. The quantitative estimate of drug-likeness (QED) is 0.152. The predicted octanol–water partition coefficient (Wildman–Crippen LogP) is 5.38. The van der Waals surface area contributed by atoms with E-state index in [0.717, 1.165) is 3.57 Å². The molecule has 0 spiro atoms. The summed E-state index contributed by atoms with van der Waals surface area (Å²) < 4.78 is 17.4. The number of halogens is 1. The highest BCUT2D eigenvalue weighted by atomic mass is 125. The van der Waals surface area contributed by atoms with Crippen molar-refractivity contribution in [1.82, 2.24) is 10.6 Å². The third-order valence-corrected chi connectivity index (χ3v) is 5.42. The van der Waals surface area contributed by atoms with Gasteiger partial charge in [0, 0.05) is 15.7 Å². The Morgan fingerprint density at radius 3 is 1.92 bits per heavy atom. The molecule has 2 N–H and O–H groups in total. The maximum atomic E-state index is 13.1. The molecule has 1 aromatic carbocycles. The van der Waals surface area contributed by atoms with E-state index in [2.05, 4.69) is 33.2 Å². The highest BCUT2D eigenvalue weighted by Crippen LogP contribution is 2.22. The van der Waals surface area contributed by atoms with Crippen LogP contribution in [0, 0.1) is 9.49 Å². The van der Waals surface area contributed by atoms with Crippen molar-refractivity contribution in [2.75, 3.05) is 6.54 Å². The van der Waals surface area contributed by atoms with Gasteiger partial charge in [-0.05, 0) is 122 Å². The molecule has 9 nitrogen and oxygen atoms in total. The second kappa shape index (κ2) is 14.1. The van der Waals surface area contributed by atoms with Crippen molar-refractivity contribution in [1.29, 1.82) is 0 Å². The lowest BCUT2D eigenvalue weighted by atomic mass is 9.94. The van der Waals surface area contributed by atoms with Crippen LogP contribution in [0.15, 0.2) is 24.3 Å². The van der Waals surface area contributed by atoms with Crippen LogP contribution in [0.4, 0.5) is 4.79 Å². The lowest BCUT2D eigenvalue weighted by molar-refractivity contribution is -0.163. The van der Waals surface area contributed by atoms with E-state index >= 15 is 0 Å². The van der Waals surface area contributed by atoms with E-state index in [-0.39, 0.29) is 12.3 Å². The first kappa shape index (κ1) is 33.7. The van der Waals surface area contributed by atoms with Crippen LogP contribution in [-0.2, 0) is 23.8 Å². The summed E-state index contributed by atoms with van der Waals surface area (Å²) in [5.41, 5.74) is -1.77. The Kier molecular flexibility index (Phi) is 12.5. The molecule has 0 aromatic heterocycles. The fourth-order valence-electron chi connectivity index (χ4n) is 3.32. The maximum absolute atomic E-state index is 13.1. The molecule has 0 unspecified atom stereocenters. The molecule has 0 aliphatic heterocycles. The zero-order valence-electron chi connectivity index (χ0n) is 24.0. The van der Waals surface area contributed by atoms with Crippen molar-refractivity contribution in [3.63, 3.8) is 0 Å². The Bertz CT molecular complexity index is 975. The van der Waals surface area contributed by atoms with Crippen LogP contribution < -0.4 is 10.6 Å². The van der Waals surface area contributed by atoms with Crippen molar-refractivity contribution >= 4 is 46.5 Å². The zero-order valence-corrected chi connectivity index (χ0v) is 26.2. The molecule has 0 aliphatic rings. The van der Waals surface area contributed by atoms with Gasteiger partial charge in [0.15, 0.2) is 0 Å². The molecule has 214 valence electrons. The van der Waals surface area contributed by atoms with Gasteiger partial charge in [0.05, 0.1) is 5.92 Å². The molecule has 0 fully saturated rings. The molecule has 10 heteroatoms. The normalized spacial score (nSPS) is 13.6. The van der Waals surface area contributed by atoms with Crippen molar-refractivity contribution in [2.24, 2.45) is 5.92 Å².